The maximum Gasteiger partial charge on any atom is 0.352 e. The first-order chi connectivity index (χ1) is 20.9. The summed E-state index contributed by atoms with van der Waals surface area (Å²) in [5.74, 6) is -0.422. The van der Waals surface area contributed by atoms with Crippen LogP contribution < -0.4 is 9.47 Å². The Bertz CT molecular complexity index is 1530. The number of benzene rings is 4. The molecule has 0 radical (unpaired) electrons. The Morgan fingerprint density at radius 1 is 0.605 bits per heavy atom. The number of rotatable bonds is 12. The second kappa shape index (κ2) is 10.8. The highest BCUT2D eigenvalue weighted by atomic mass is 16.9. The van der Waals surface area contributed by atoms with E-state index in [1.165, 1.54) is 22.3 Å². The third-order valence-electron chi connectivity index (χ3n) is 8.51. The molecule has 2 aliphatic heterocycles. The molecule has 0 spiro atoms. The van der Waals surface area contributed by atoms with Crippen LogP contribution in [0.5, 0.6) is 11.5 Å². The largest absolute Gasteiger partial charge is 0.437 e. The first-order valence-electron chi connectivity index (χ1n) is 15.3. The van der Waals surface area contributed by atoms with E-state index in [-0.39, 0.29) is 0 Å². The van der Waals surface area contributed by atoms with Crippen molar-refractivity contribution in [1.82, 2.24) is 0 Å². The Labute approximate surface area is 253 Å². The Hall–Kier alpha value is -3.68. The molecule has 1 aliphatic carbocycles. The monoisotopic (exact) mass is 578 g/mol. The van der Waals surface area contributed by atoms with Gasteiger partial charge >= 0.3 is 11.9 Å². The Balaban J connectivity index is 1.34. The minimum absolute atomic E-state index is 0.433. The van der Waals surface area contributed by atoms with Crippen LogP contribution in [-0.2, 0) is 24.4 Å². The van der Waals surface area contributed by atoms with Gasteiger partial charge in [-0.25, -0.2) is 0 Å². The summed E-state index contributed by atoms with van der Waals surface area (Å²) in [5.41, 5.74) is 8.80. The summed E-state index contributed by atoms with van der Waals surface area (Å²) in [5, 5.41) is 0. The lowest BCUT2D eigenvalue weighted by Crippen LogP contribution is -2.29. The average Bonchev–Trinajstić information content (AvgIpc) is 3.95. The molecule has 0 saturated carbocycles. The van der Waals surface area contributed by atoms with Crippen molar-refractivity contribution in [2.75, 3.05) is 26.4 Å². The van der Waals surface area contributed by atoms with E-state index in [4.69, 9.17) is 28.4 Å². The summed E-state index contributed by atoms with van der Waals surface area (Å²) < 4.78 is 35.4. The minimum Gasteiger partial charge on any atom is -0.437 e. The van der Waals surface area contributed by atoms with Crippen LogP contribution in [-0.4, -0.2) is 38.4 Å². The van der Waals surface area contributed by atoms with Gasteiger partial charge in [0.05, 0.1) is 18.6 Å². The third-order valence-corrected chi connectivity index (χ3v) is 8.51. The van der Waals surface area contributed by atoms with Crippen molar-refractivity contribution in [3.05, 3.63) is 118 Å². The normalized spacial score (nSPS) is 22.5. The number of hydrogen-bond donors (Lipinski definition) is 0. The molecule has 2 atom stereocenters. The molecule has 0 aromatic heterocycles. The Kier molecular flexibility index (Phi) is 7.06. The second-order valence-corrected chi connectivity index (χ2v) is 11.6. The lowest BCUT2D eigenvalue weighted by atomic mass is 9.67. The predicted octanol–water partition coefficient (Wildman–Crippen LogP) is 7.65. The van der Waals surface area contributed by atoms with E-state index in [0.29, 0.717) is 26.4 Å². The summed E-state index contributed by atoms with van der Waals surface area (Å²) >= 11 is 0. The molecule has 43 heavy (non-hydrogen) atoms. The molecule has 3 aliphatic rings. The lowest BCUT2D eigenvalue weighted by Gasteiger charge is -2.35. The van der Waals surface area contributed by atoms with Gasteiger partial charge in [-0.15, -0.1) is 0 Å². The predicted molar refractivity (Wildman–Crippen MR) is 164 cm³/mol. The summed E-state index contributed by atoms with van der Waals surface area (Å²) in [6, 6.07) is 30.4. The molecule has 0 bridgehead atoms. The molecule has 222 valence electrons. The maximum atomic E-state index is 6.27. The molecule has 6 nitrogen and oxygen atoms in total. The molecule has 6 heteroatoms. The topological polar surface area (TPSA) is 62.0 Å². The van der Waals surface area contributed by atoms with E-state index in [0.717, 1.165) is 46.6 Å². The van der Waals surface area contributed by atoms with Gasteiger partial charge in [0.15, 0.2) is 0 Å². The van der Waals surface area contributed by atoms with Crippen LogP contribution in [0.1, 0.15) is 60.1 Å². The molecule has 4 aromatic rings. The summed E-state index contributed by atoms with van der Waals surface area (Å²) in [4.78, 5) is 0. The van der Waals surface area contributed by atoms with Gasteiger partial charge < -0.3 is 28.4 Å². The van der Waals surface area contributed by atoms with E-state index >= 15 is 0 Å². The fourth-order valence-corrected chi connectivity index (χ4v) is 6.33. The lowest BCUT2D eigenvalue weighted by molar-refractivity contribution is -0.174. The molecule has 2 fully saturated rings. The van der Waals surface area contributed by atoms with Crippen molar-refractivity contribution in [3.63, 3.8) is 0 Å². The van der Waals surface area contributed by atoms with Crippen molar-refractivity contribution >= 4 is 0 Å². The molecule has 2 saturated heterocycles. The highest BCUT2D eigenvalue weighted by Crippen LogP contribution is 2.57. The van der Waals surface area contributed by atoms with E-state index in [1.54, 1.807) is 0 Å². The summed E-state index contributed by atoms with van der Waals surface area (Å²) in [6.07, 6.45) is 1.80. The van der Waals surface area contributed by atoms with Crippen LogP contribution in [0, 0.1) is 13.8 Å². The van der Waals surface area contributed by atoms with Crippen molar-refractivity contribution in [2.45, 2.75) is 57.9 Å². The first kappa shape index (κ1) is 28.1. The fourth-order valence-electron chi connectivity index (χ4n) is 6.33. The molecular weight excluding hydrogens is 540 g/mol. The van der Waals surface area contributed by atoms with Gasteiger partial charge in [0, 0.05) is 0 Å². The molecular formula is C37H38O6. The van der Waals surface area contributed by atoms with Crippen molar-refractivity contribution in [2.24, 2.45) is 0 Å². The van der Waals surface area contributed by atoms with Crippen molar-refractivity contribution in [1.29, 1.82) is 0 Å². The van der Waals surface area contributed by atoms with E-state index in [1.807, 2.05) is 0 Å². The van der Waals surface area contributed by atoms with Gasteiger partial charge in [0.1, 0.15) is 24.7 Å². The Morgan fingerprint density at radius 3 is 1.40 bits per heavy atom. The van der Waals surface area contributed by atoms with Gasteiger partial charge in [0.25, 0.3) is 0 Å². The number of fused-ring (bicyclic) bond motifs is 3. The van der Waals surface area contributed by atoms with Gasteiger partial charge in [-0.05, 0) is 83.3 Å². The Morgan fingerprint density at radius 2 is 1.02 bits per heavy atom. The zero-order valence-electron chi connectivity index (χ0n) is 25.3. The smallest absolute Gasteiger partial charge is 0.352 e. The summed E-state index contributed by atoms with van der Waals surface area (Å²) in [6.45, 7) is 10.4. The van der Waals surface area contributed by atoms with Crippen LogP contribution in [0.15, 0.2) is 84.9 Å². The SMILES string of the molecule is CCCOC1(Oc2ccc(C3(c4ccc(OC5(OCCC)CO5)c(C)c4)c4ccccc4-c4ccccc43)cc2C)CO1. The average molecular weight is 579 g/mol. The summed E-state index contributed by atoms with van der Waals surface area (Å²) in [7, 11) is 0. The molecule has 0 amide bonds. The van der Waals surface area contributed by atoms with Crippen LogP contribution in [0.4, 0.5) is 0 Å². The zero-order valence-corrected chi connectivity index (χ0v) is 25.3. The van der Waals surface area contributed by atoms with Crippen molar-refractivity contribution < 1.29 is 28.4 Å². The van der Waals surface area contributed by atoms with Crippen LogP contribution >= 0.6 is 0 Å². The van der Waals surface area contributed by atoms with Gasteiger partial charge in [-0.3, -0.25) is 0 Å². The van der Waals surface area contributed by atoms with Crippen LogP contribution in [0.2, 0.25) is 0 Å². The minimum atomic E-state index is -0.969. The van der Waals surface area contributed by atoms with E-state index in [2.05, 4.69) is 113 Å². The maximum absolute atomic E-state index is 6.27. The first-order valence-corrected chi connectivity index (χ1v) is 15.3. The standard InChI is InChI=1S/C37H38O6/c1-5-19-38-35(23-40-35)42-33-17-15-27(21-25(33)3)37(31-13-9-7-11-29(31)30-12-8-10-14-32(30)37)28-16-18-34(26(4)22-28)43-36(24-41-36)39-20-6-2/h7-18,21-22H,5-6,19-20,23-24H2,1-4H3. The molecule has 2 heterocycles. The zero-order chi connectivity index (χ0) is 29.7. The number of hydrogen-bond acceptors (Lipinski definition) is 6. The molecule has 2 unspecified atom stereocenters. The second-order valence-electron chi connectivity index (χ2n) is 11.6. The van der Waals surface area contributed by atoms with Crippen LogP contribution in [0.3, 0.4) is 0 Å². The highest BCUT2D eigenvalue weighted by Gasteiger charge is 2.52. The fraction of sp³-hybridized carbons (Fsp3) is 0.351. The van der Waals surface area contributed by atoms with Gasteiger partial charge in [-0.1, -0.05) is 86.6 Å². The molecule has 4 aromatic carbocycles. The number of epoxide rings is 2. The number of aryl methyl sites for hydroxylation is 2. The quantitative estimate of drug-likeness (QED) is 0.112. The van der Waals surface area contributed by atoms with Crippen molar-refractivity contribution in [3.8, 4) is 22.6 Å². The van der Waals surface area contributed by atoms with Gasteiger partial charge in [-0.2, -0.15) is 0 Å². The van der Waals surface area contributed by atoms with E-state index in [9.17, 15) is 0 Å². The van der Waals surface area contributed by atoms with Gasteiger partial charge in [0.2, 0.25) is 0 Å². The van der Waals surface area contributed by atoms with Crippen LogP contribution in [0.25, 0.3) is 11.1 Å². The molecule has 7 rings (SSSR count). The number of ether oxygens (including phenoxy) is 6. The van der Waals surface area contributed by atoms with E-state index < -0.39 is 17.4 Å². The highest BCUT2D eigenvalue weighted by molar-refractivity contribution is 5.86. The molecule has 0 N–H and O–H groups in total. The third kappa shape index (κ3) is 4.83.